The zero-order valence-corrected chi connectivity index (χ0v) is 39.8. The first-order valence-electron chi connectivity index (χ1n) is 15.5. The maximum atomic E-state index is 11.9. The maximum Gasteiger partial charge on any atom is 1.00 e. The van der Waals surface area contributed by atoms with Gasteiger partial charge in [-0.2, -0.15) is 8.91 Å². The normalized spacial score (nSPS) is 17.7. The van der Waals surface area contributed by atoms with Crippen LogP contribution in [-0.4, -0.2) is 79.8 Å². The first-order valence-corrected chi connectivity index (χ1v) is 20.8. The fourth-order valence-corrected chi connectivity index (χ4v) is 8.80. The van der Waals surface area contributed by atoms with Gasteiger partial charge in [0.15, 0.2) is 5.71 Å². The monoisotopic (exact) mass is 828 g/mol. The van der Waals surface area contributed by atoms with Crippen molar-refractivity contribution in [3.05, 3.63) is 59.7 Å². The molecular formula is C31H39N2Na3O12S4. The zero-order valence-electron chi connectivity index (χ0n) is 30.5. The van der Waals surface area contributed by atoms with Crippen molar-refractivity contribution in [2.45, 2.75) is 86.5 Å². The van der Waals surface area contributed by atoms with Gasteiger partial charge in [0.1, 0.15) is 16.7 Å². The van der Waals surface area contributed by atoms with Crippen LogP contribution in [0.2, 0.25) is 0 Å². The third kappa shape index (κ3) is 12.8. The van der Waals surface area contributed by atoms with Gasteiger partial charge in [-0.1, -0.05) is 19.9 Å². The number of unbranched alkanes of at least 4 members (excludes halogenated alkanes) is 2. The Kier molecular flexibility index (Phi) is 19.8. The molecule has 52 heavy (non-hydrogen) atoms. The van der Waals surface area contributed by atoms with Crippen LogP contribution in [0.4, 0.5) is 11.4 Å². The summed E-state index contributed by atoms with van der Waals surface area (Å²) >= 11 is 0.759. The molecule has 0 saturated heterocycles. The van der Waals surface area contributed by atoms with Gasteiger partial charge in [-0.15, -0.1) is 0 Å². The maximum absolute atomic E-state index is 11.9. The molecule has 1 unspecified atom stereocenters. The van der Waals surface area contributed by atoms with Gasteiger partial charge in [-0.25, -0.2) is 25.3 Å². The number of benzene rings is 2. The van der Waals surface area contributed by atoms with Crippen LogP contribution in [0.15, 0.2) is 58.3 Å². The van der Waals surface area contributed by atoms with E-state index >= 15 is 0 Å². The summed E-state index contributed by atoms with van der Waals surface area (Å²) in [6, 6.07) is 9.48. The summed E-state index contributed by atoms with van der Waals surface area (Å²) in [4.78, 5) is 2.33. The molecule has 4 rings (SSSR count). The Bertz CT molecular complexity index is 1960. The second-order valence-electron chi connectivity index (χ2n) is 13.2. The molecule has 0 aliphatic carbocycles. The molecule has 2 aliphatic rings. The molecule has 21 heteroatoms. The molecule has 0 fully saturated rings. The van der Waals surface area contributed by atoms with Crippen LogP contribution in [0.3, 0.4) is 0 Å². The molecule has 0 amide bonds. The molecule has 1 atom stereocenters. The number of anilines is 1. The Morgan fingerprint density at radius 3 is 2.04 bits per heavy atom. The summed E-state index contributed by atoms with van der Waals surface area (Å²) in [5, 5.41) is 13.9. The van der Waals surface area contributed by atoms with E-state index in [1.807, 2.05) is 52.0 Å². The zero-order chi connectivity index (χ0) is 36.4. The number of fused-ring (bicyclic) bond motifs is 2. The van der Waals surface area contributed by atoms with Crippen LogP contribution >= 0.6 is 12.0 Å². The van der Waals surface area contributed by atoms with Crippen molar-refractivity contribution in [2.75, 3.05) is 29.5 Å². The quantitative estimate of drug-likeness (QED) is 0.0276. The predicted molar refractivity (Wildman–Crippen MR) is 177 cm³/mol. The molecule has 0 bridgehead atoms. The number of hydrogen-bond acceptors (Lipinski definition) is 14. The van der Waals surface area contributed by atoms with Crippen molar-refractivity contribution < 1.29 is 147 Å². The van der Waals surface area contributed by atoms with Gasteiger partial charge in [0.05, 0.1) is 42.6 Å². The number of nitrogens with zero attached hydrogens (tertiary/aromatic N) is 2. The van der Waals surface area contributed by atoms with E-state index in [1.165, 1.54) is 12.1 Å². The van der Waals surface area contributed by atoms with E-state index in [-0.39, 0.29) is 112 Å². The van der Waals surface area contributed by atoms with Crippen LogP contribution in [0.5, 0.6) is 0 Å². The Morgan fingerprint density at radius 1 is 0.846 bits per heavy atom. The third-order valence-corrected chi connectivity index (χ3v) is 12.2. The minimum absolute atomic E-state index is 0. The van der Waals surface area contributed by atoms with Crippen molar-refractivity contribution in [1.29, 1.82) is 0 Å². The van der Waals surface area contributed by atoms with Crippen molar-refractivity contribution in [3.8, 4) is 0 Å². The van der Waals surface area contributed by atoms with Gasteiger partial charge in [0.25, 0.3) is 0 Å². The van der Waals surface area contributed by atoms with Crippen molar-refractivity contribution in [2.24, 2.45) is 0 Å². The molecule has 0 saturated carbocycles. The van der Waals surface area contributed by atoms with Gasteiger partial charge in [0.2, 0.25) is 5.69 Å². The summed E-state index contributed by atoms with van der Waals surface area (Å²) in [6.45, 7) is 8.72. The molecule has 2 aliphatic heterocycles. The minimum atomic E-state index is -4.72. The average Bonchev–Trinajstić information content (AvgIpc) is 3.33. The summed E-state index contributed by atoms with van der Waals surface area (Å²) in [7, 11) is -13.5. The average molecular weight is 829 g/mol. The van der Waals surface area contributed by atoms with E-state index in [1.54, 1.807) is 12.1 Å². The Balaban J connectivity index is 0.00000451. The standard InChI is InChI=1S/C31H42N2O12S4.3Na/c1-30(2)24-20-22(46-45-44-34)12-14-26(24)32(16-5-7-18-47(35,36)37)28(30)10-9-11-29-31(3,4)25-21-23(49(41,42)43)13-15-27(25)33(29)17-6-8-19-48(38,39)40;;;/h9-10,12-15,20-21,29H,5-8,11,16-19H2,1-4H3,(H3-,34,35,36,37,38,39,40,41,42,43);;;/q;3*+1/p-3. The molecule has 2 aromatic carbocycles. The van der Waals surface area contributed by atoms with Crippen LogP contribution in [0.1, 0.15) is 70.9 Å². The predicted octanol–water partition coefficient (Wildman–Crippen LogP) is -6.03. The molecule has 14 nitrogen and oxygen atoms in total. The Morgan fingerprint density at radius 2 is 1.46 bits per heavy atom. The third-order valence-electron chi connectivity index (χ3n) is 9.20. The van der Waals surface area contributed by atoms with Gasteiger partial charge in [0, 0.05) is 64.2 Å². The Labute approximate surface area is 377 Å². The minimum Gasteiger partial charge on any atom is -0.748 e. The molecule has 0 N–H and O–H groups in total. The summed E-state index contributed by atoms with van der Waals surface area (Å²) in [5.74, 6) is -0.983. The summed E-state index contributed by atoms with van der Waals surface area (Å²) in [6.07, 6.45) is 5.54. The fourth-order valence-electron chi connectivity index (χ4n) is 6.79. The van der Waals surface area contributed by atoms with E-state index < -0.39 is 52.7 Å². The van der Waals surface area contributed by atoms with Gasteiger partial charge in [-0.05, 0) is 75.4 Å². The molecule has 0 radical (unpaired) electrons. The van der Waals surface area contributed by atoms with Crippen molar-refractivity contribution >= 4 is 59.5 Å². The summed E-state index contributed by atoms with van der Waals surface area (Å²) in [5.41, 5.74) is 2.81. The van der Waals surface area contributed by atoms with E-state index in [2.05, 4.69) is 18.8 Å². The van der Waals surface area contributed by atoms with E-state index in [0.717, 1.165) is 29.0 Å². The first kappa shape index (κ1) is 50.6. The number of hydrogen-bond donors (Lipinski definition) is 0. The smallest absolute Gasteiger partial charge is 0.748 e. The van der Waals surface area contributed by atoms with Gasteiger partial charge < -0.3 is 23.8 Å². The van der Waals surface area contributed by atoms with Crippen LogP contribution < -0.4 is 98.8 Å². The fraction of sp³-hybridized carbons (Fsp3) is 0.516. The largest absolute Gasteiger partial charge is 1.00 e. The van der Waals surface area contributed by atoms with Crippen LogP contribution in [0.25, 0.3) is 0 Å². The topological polar surface area (TPSA) is 219 Å². The van der Waals surface area contributed by atoms with Crippen LogP contribution in [0, 0.1) is 0 Å². The van der Waals surface area contributed by atoms with E-state index in [0.29, 0.717) is 48.5 Å². The second-order valence-corrected chi connectivity index (χ2v) is 18.4. The second kappa shape index (κ2) is 20.3. The molecular weight excluding hydrogens is 790 g/mol. The molecule has 2 heterocycles. The van der Waals surface area contributed by atoms with Crippen LogP contribution in [-0.2, 0) is 50.6 Å². The van der Waals surface area contributed by atoms with E-state index in [9.17, 15) is 44.2 Å². The Hall–Kier alpha value is 0.610. The van der Waals surface area contributed by atoms with Crippen molar-refractivity contribution in [1.82, 2.24) is 0 Å². The summed E-state index contributed by atoms with van der Waals surface area (Å²) < 4.78 is 109. The molecule has 0 aromatic heterocycles. The molecule has 2 aromatic rings. The van der Waals surface area contributed by atoms with E-state index in [4.69, 9.17) is 0 Å². The number of allylic oxidation sites excluding steroid dienone is 1. The van der Waals surface area contributed by atoms with Gasteiger partial charge in [-0.3, -0.25) is 5.04 Å². The van der Waals surface area contributed by atoms with Gasteiger partial charge >= 0.3 is 88.7 Å². The first-order chi connectivity index (χ1) is 22.7. The SMILES string of the molecule is CC1(C)C(C=CCC2N(CCCCS(=O)(=O)[O-])c3ccc(S(=O)(=O)[O-])cc3C2(C)C)=[N+](CCCCS(=O)(=O)[O-])c2ccc(SOO[O-])cc21.[Na+].[Na+].[Na+]. The number of rotatable bonds is 17. The van der Waals surface area contributed by atoms with Crippen molar-refractivity contribution in [3.63, 3.8) is 0 Å². The molecule has 0 spiro atoms. The molecule has 272 valence electrons.